The summed E-state index contributed by atoms with van der Waals surface area (Å²) in [5.74, 6) is 0.822. The van der Waals surface area contributed by atoms with Gasteiger partial charge in [0.25, 0.3) is 0 Å². The summed E-state index contributed by atoms with van der Waals surface area (Å²) in [6, 6.07) is 10.6. The fraction of sp³-hybridized carbons (Fsp3) is 0.375. The maximum absolute atomic E-state index is 9.35. The summed E-state index contributed by atoms with van der Waals surface area (Å²) in [6.45, 7) is 3.07. The molecule has 5 heteroatoms. The highest BCUT2D eigenvalue weighted by molar-refractivity contribution is 6.31. The Kier molecular flexibility index (Phi) is 3.71. The van der Waals surface area contributed by atoms with Crippen LogP contribution in [0.4, 0.5) is 5.82 Å². The Bertz CT molecular complexity index is 716. The molecule has 0 spiro atoms. The molecule has 2 heterocycles. The van der Waals surface area contributed by atoms with Crippen molar-refractivity contribution in [3.63, 3.8) is 0 Å². The van der Waals surface area contributed by atoms with Gasteiger partial charge in [-0.15, -0.1) is 0 Å². The van der Waals surface area contributed by atoms with Crippen LogP contribution in [0.3, 0.4) is 0 Å². The molecule has 1 aliphatic heterocycles. The van der Waals surface area contributed by atoms with Gasteiger partial charge in [-0.05, 0) is 37.6 Å². The van der Waals surface area contributed by atoms with E-state index in [1.165, 1.54) is 6.42 Å². The standard InChI is InChI=1S/C16H17ClN4/c1-10-5-13(19-10)9-21(2)16-6-11(8-18)14-7-12(17)3-4-15(14)20-16/h3-4,6-7,10,13,19H,5,9H2,1-2H3. The van der Waals surface area contributed by atoms with Gasteiger partial charge in [0.1, 0.15) is 5.82 Å². The van der Waals surface area contributed by atoms with Crippen LogP contribution in [0.25, 0.3) is 10.9 Å². The van der Waals surface area contributed by atoms with Crippen LogP contribution in [0.5, 0.6) is 0 Å². The summed E-state index contributed by atoms with van der Waals surface area (Å²) < 4.78 is 0. The van der Waals surface area contributed by atoms with E-state index in [1.54, 1.807) is 12.1 Å². The molecule has 3 rings (SSSR count). The summed E-state index contributed by atoms with van der Waals surface area (Å²) >= 11 is 6.00. The highest BCUT2D eigenvalue weighted by atomic mass is 35.5. The minimum atomic E-state index is 0.498. The molecule has 0 radical (unpaired) electrons. The summed E-state index contributed by atoms with van der Waals surface area (Å²) in [6.07, 6.45) is 1.18. The van der Waals surface area contributed by atoms with Crippen LogP contribution >= 0.6 is 11.6 Å². The van der Waals surface area contributed by atoms with Crippen molar-refractivity contribution in [3.05, 3.63) is 34.9 Å². The third-order valence-electron chi connectivity index (χ3n) is 3.92. The minimum Gasteiger partial charge on any atom is -0.358 e. The maximum Gasteiger partial charge on any atom is 0.130 e. The smallest absolute Gasteiger partial charge is 0.130 e. The quantitative estimate of drug-likeness (QED) is 0.947. The van der Waals surface area contributed by atoms with Gasteiger partial charge in [-0.3, -0.25) is 0 Å². The number of hydrogen-bond acceptors (Lipinski definition) is 4. The Morgan fingerprint density at radius 1 is 1.48 bits per heavy atom. The zero-order valence-corrected chi connectivity index (χ0v) is 12.9. The van der Waals surface area contributed by atoms with E-state index in [-0.39, 0.29) is 0 Å². The highest BCUT2D eigenvalue weighted by Crippen LogP contribution is 2.25. The van der Waals surface area contributed by atoms with Crippen LogP contribution in [0.2, 0.25) is 5.02 Å². The first-order valence-corrected chi connectivity index (χ1v) is 7.42. The van der Waals surface area contributed by atoms with Crippen molar-refractivity contribution < 1.29 is 0 Å². The van der Waals surface area contributed by atoms with Crippen LogP contribution in [-0.2, 0) is 0 Å². The van der Waals surface area contributed by atoms with Gasteiger partial charge in [-0.25, -0.2) is 4.98 Å². The lowest BCUT2D eigenvalue weighted by molar-refractivity contribution is 0.285. The average molecular weight is 301 g/mol. The molecule has 108 valence electrons. The van der Waals surface area contributed by atoms with Crippen molar-refractivity contribution in [2.45, 2.75) is 25.4 Å². The van der Waals surface area contributed by atoms with E-state index in [0.717, 1.165) is 23.3 Å². The van der Waals surface area contributed by atoms with Crippen molar-refractivity contribution in [3.8, 4) is 6.07 Å². The number of aromatic nitrogens is 1. The topological polar surface area (TPSA) is 52.0 Å². The fourth-order valence-corrected chi connectivity index (χ4v) is 3.00. The maximum atomic E-state index is 9.35. The summed E-state index contributed by atoms with van der Waals surface area (Å²) in [7, 11) is 2.01. The second kappa shape index (κ2) is 5.51. The molecular formula is C16H17ClN4. The first kappa shape index (κ1) is 14.1. The number of halogens is 1. The van der Waals surface area contributed by atoms with Crippen molar-refractivity contribution in [1.82, 2.24) is 10.3 Å². The number of likely N-dealkylation sites (N-methyl/N-ethyl adjacent to an activating group) is 1. The van der Waals surface area contributed by atoms with Gasteiger partial charge in [-0.1, -0.05) is 11.6 Å². The fourth-order valence-electron chi connectivity index (χ4n) is 2.83. The minimum absolute atomic E-state index is 0.498. The molecule has 1 aliphatic rings. The van der Waals surface area contributed by atoms with Gasteiger partial charge >= 0.3 is 0 Å². The molecule has 0 amide bonds. The molecule has 4 nitrogen and oxygen atoms in total. The Balaban J connectivity index is 1.92. The monoisotopic (exact) mass is 300 g/mol. The molecule has 2 unspecified atom stereocenters. The molecule has 21 heavy (non-hydrogen) atoms. The molecule has 1 saturated heterocycles. The van der Waals surface area contributed by atoms with E-state index in [0.29, 0.717) is 22.7 Å². The predicted octanol–water partition coefficient (Wildman–Crippen LogP) is 2.95. The van der Waals surface area contributed by atoms with Crippen molar-refractivity contribution in [1.29, 1.82) is 5.26 Å². The number of pyridine rings is 1. The number of anilines is 1. The largest absolute Gasteiger partial charge is 0.358 e. The number of hydrogen-bond donors (Lipinski definition) is 1. The van der Waals surface area contributed by atoms with E-state index in [1.807, 2.05) is 19.2 Å². The third kappa shape index (κ3) is 2.80. The van der Waals surface area contributed by atoms with E-state index in [4.69, 9.17) is 11.6 Å². The molecule has 1 aromatic carbocycles. The Morgan fingerprint density at radius 2 is 2.24 bits per heavy atom. The van der Waals surface area contributed by atoms with Crippen molar-refractivity contribution >= 4 is 28.3 Å². The molecule has 1 fully saturated rings. The predicted molar refractivity (Wildman–Crippen MR) is 85.7 cm³/mol. The SMILES string of the molecule is CC1CC(CN(C)c2cc(C#N)c3cc(Cl)ccc3n2)N1. The van der Waals surface area contributed by atoms with E-state index < -0.39 is 0 Å². The number of benzene rings is 1. The average Bonchev–Trinajstić information content (AvgIpc) is 2.44. The summed E-state index contributed by atoms with van der Waals surface area (Å²) in [5.41, 5.74) is 1.41. The Hall–Kier alpha value is -1.83. The number of nitrogens with zero attached hydrogens (tertiary/aromatic N) is 3. The molecular weight excluding hydrogens is 284 g/mol. The normalized spacial score (nSPS) is 20.9. The van der Waals surface area contributed by atoms with Gasteiger partial charge in [0.15, 0.2) is 0 Å². The second-order valence-electron chi connectivity index (χ2n) is 5.68. The van der Waals surface area contributed by atoms with Gasteiger partial charge in [0.2, 0.25) is 0 Å². The first-order valence-electron chi connectivity index (χ1n) is 7.04. The lowest BCUT2D eigenvalue weighted by Crippen LogP contribution is -2.55. The molecule has 1 N–H and O–H groups in total. The van der Waals surface area contributed by atoms with Gasteiger partial charge in [0, 0.05) is 36.1 Å². The summed E-state index contributed by atoms with van der Waals surface area (Å²) in [5, 5.41) is 14.2. The molecule has 0 saturated carbocycles. The molecule has 2 atom stereocenters. The zero-order valence-electron chi connectivity index (χ0n) is 12.1. The van der Waals surface area contributed by atoms with E-state index >= 15 is 0 Å². The second-order valence-corrected chi connectivity index (χ2v) is 6.12. The van der Waals surface area contributed by atoms with Crippen LogP contribution in [-0.4, -0.2) is 30.7 Å². The van der Waals surface area contributed by atoms with Gasteiger partial charge in [-0.2, -0.15) is 5.26 Å². The number of nitriles is 1. The number of nitrogens with one attached hydrogen (secondary N) is 1. The Labute approximate surface area is 129 Å². The Morgan fingerprint density at radius 3 is 2.90 bits per heavy atom. The lowest BCUT2D eigenvalue weighted by Gasteiger charge is -2.37. The van der Waals surface area contributed by atoms with Gasteiger partial charge in [0.05, 0.1) is 17.1 Å². The van der Waals surface area contributed by atoms with E-state index in [2.05, 4.69) is 28.2 Å². The van der Waals surface area contributed by atoms with Crippen LogP contribution in [0, 0.1) is 11.3 Å². The third-order valence-corrected chi connectivity index (χ3v) is 4.16. The molecule has 0 aliphatic carbocycles. The lowest BCUT2D eigenvalue weighted by atomic mass is 9.98. The highest BCUT2D eigenvalue weighted by Gasteiger charge is 2.25. The van der Waals surface area contributed by atoms with Crippen molar-refractivity contribution in [2.24, 2.45) is 0 Å². The van der Waals surface area contributed by atoms with Gasteiger partial charge < -0.3 is 10.2 Å². The summed E-state index contributed by atoms with van der Waals surface area (Å²) in [4.78, 5) is 6.74. The number of fused-ring (bicyclic) bond motifs is 1. The first-order chi connectivity index (χ1) is 10.1. The van der Waals surface area contributed by atoms with E-state index in [9.17, 15) is 5.26 Å². The van der Waals surface area contributed by atoms with Crippen LogP contribution < -0.4 is 10.2 Å². The van der Waals surface area contributed by atoms with Crippen LogP contribution in [0.15, 0.2) is 24.3 Å². The molecule has 2 aromatic rings. The number of rotatable bonds is 3. The van der Waals surface area contributed by atoms with Crippen LogP contribution in [0.1, 0.15) is 18.9 Å². The molecule has 0 bridgehead atoms. The zero-order chi connectivity index (χ0) is 15.0. The molecule has 1 aromatic heterocycles. The van der Waals surface area contributed by atoms with Crippen molar-refractivity contribution in [2.75, 3.05) is 18.5 Å².